The van der Waals surface area contributed by atoms with Crippen LogP contribution in [-0.2, 0) is 37.7 Å². The van der Waals surface area contributed by atoms with Crippen molar-refractivity contribution >= 4 is 29.5 Å². The highest BCUT2D eigenvalue weighted by atomic mass is 19.4. The van der Waals surface area contributed by atoms with Crippen LogP contribution in [0.4, 0.5) is 23.7 Å². The van der Waals surface area contributed by atoms with Gasteiger partial charge in [-0.3, -0.25) is 14.4 Å². The molecular formula is C28H29F3N4O5. The van der Waals surface area contributed by atoms with E-state index < -0.39 is 42.3 Å². The van der Waals surface area contributed by atoms with Crippen LogP contribution in [0.1, 0.15) is 42.9 Å². The molecule has 1 saturated heterocycles. The Kier molecular flexibility index (Phi) is 7.07. The van der Waals surface area contributed by atoms with Gasteiger partial charge in [-0.2, -0.15) is 13.2 Å². The molecule has 2 aromatic carbocycles. The van der Waals surface area contributed by atoms with E-state index in [2.05, 4.69) is 5.32 Å². The zero-order valence-corrected chi connectivity index (χ0v) is 21.7. The van der Waals surface area contributed by atoms with Crippen LogP contribution >= 0.6 is 0 Å². The van der Waals surface area contributed by atoms with Crippen molar-refractivity contribution in [2.75, 3.05) is 11.9 Å². The number of benzene rings is 2. The molecular weight excluding hydrogens is 529 g/mol. The quantitative estimate of drug-likeness (QED) is 0.512. The van der Waals surface area contributed by atoms with Gasteiger partial charge in [0.1, 0.15) is 6.54 Å². The molecule has 3 atom stereocenters. The zero-order valence-electron chi connectivity index (χ0n) is 21.7. The zero-order chi connectivity index (χ0) is 28.8. The van der Waals surface area contributed by atoms with Crippen molar-refractivity contribution in [3.05, 3.63) is 65.2 Å². The Hall–Kier alpha value is -3.93. The molecule has 1 heterocycles. The average Bonchev–Trinajstić information content (AvgIpc) is 3.67. The molecule has 2 fully saturated rings. The fourth-order valence-corrected chi connectivity index (χ4v) is 5.40. The van der Waals surface area contributed by atoms with Crippen LogP contribution < -0.4 is 11.1 Å². The molecule has 9 nitrogen and oxygen atoms in total. The van der Waals surface area contributed by atoms with Crippen LogP contribution in [0.3, 0.4) is 0 Å². The topological polar surface area (TPSA) is 122 Å². The van der Waals surface area contributed by atoms with Gasteiger partial charge in [0.2, 0.25) is 11.5 Å². The molecule has 4 amide bonds. The molecule has 0 bridgehead atoms. The molecule has 40 heavy (non-hydrogen) atoms. The number of carbonyl (C=O) groups is 4. The molecule has 1 unspecified atom stereocenters. The molecule has 1 aliphatic heterocycles. The van der Waals surface area contributed by atoms with Gasteiger partial charge >= 0.3 is 12.3 Å². The van der Waals surface area contributed by atoms with E-state index in [1.165, 1.54) is 18.2 Å². The van der Waals surface area contributed by atoms with Gasteiger partial charge in [-0.05, 0) is 55.4 Å². The minimum Gasteiger partial charge on any atom is -0.427 e. The summed E-state index contributed by atoms with van der Waals surface area (Å²) < 4.78 is 43.9. The number of hydrogen-bond donors (Lipinski definition) is 2. The van der Waals surface area contributed by atoms with Crippen molar-refractivity contribution in [2.24, 2.45) is 11.7 Å². The lowest BCUT2D eigenvalue weighted by Gasteiger charge is -2.30. The van der Waals surface area contributed by atoms with Crippen molar-refractivity contribution in [2.45, 2.75) is 63.0 Å². The van der Waals surface area contributed by atoms with Crippen molar-refractivity contribution in [1.82, 2.24) is 9.80 Å². The maximum Gasteiger partial charge on any atom is 0.418 e. The summed E-state index contributed by atoms with van der Waals surface area (Å²) in [6.07, 6.45) is -3.45. The number of nitrogens with zero attached hydrogens (tertiary/aromatic N) is 2. The highest BCUT2D eigenvalue weighted by Gasteiger charge is 2.58. The third-order valence-electron chi connectivity index (χ3n) is 7.87. The van der Waals surface area contributed by atoms with E-state index in [-0.39, 0.29) is 30.5 Å². The van der Waals surface area contributed by atoms with Gasteiger partial charge in [-0.1, -0.05) is 36.4 Å². The molecule has 3 aliphatic rings. The van der Waals surface area contributed by atoms with Gasteiger partial charge in [0, 0.05) is 30.3 Å². The first-order chi connectivity index (χ1) is 18.9. The standard InChI is InChI=1S/C28H29F3N4O5/c1-16(18-7-8-18)34(14-17-5-3-2-4-6-17)22(36)15-35-25(38)27(40-26(35)39)12-11-19-13-20(9-10-21(19)27)33-24(37)23(32)28(29,30)31/h2-6,9-10,13,16,18,23H,7-8,11-12,14-15,32H2,1H3,(H,33,37)/t16-,23-,27?/m0/s1. The number of rotatable bonds is 8. The minimum atomic E-state index is -4.90. The second-order valence-electron chi connectivity index (χ2n) is 10.6. The van der Waals surface area contributed by atoms with Gasteiger partial charge in [0.15, 0.2) is 6.04 Å². The highest BCUT2D eigenvalue weighted by molar-refractivity contribution is 6.06. The number of amides is 4. The summed E-state index contributed by atoms with van der Waals surface area (Å²) in [5.41, 5.74) is 5.22. The molecule has 0 radical (unpaired) electrons. The summed E-state index contributed by atoms with van der Waals surface area (Å²) in [5, 5.41) is 2.13. The van der Waals surface area contributed by atoms with Gasteiger partial charge in [-0.15, -0.1) is 0 Å². The number of ether oxygens (including phenoxy) is 1. The Bertz CT molecular complexity index is 1350. The monoisotopic (exact) mass is 558 g/mol. The van der Waals surface area contributed by atoms with E-state index in [0.29, 0.717) is 23.6 Å². The van der Waals surface area contributed by atoms with Crippen LogP contribution in [0, 0.1) is 5.92 Å². The van der Waals surface area contributed by atoms with Crippen molar-refractivity contribution in [1.29, 1.82) is 0 Å². The van der Waals surface area contributed by atoms with E-state index in [1.54, 1.807) is 4.90 Å². The Balaban J connectivity index is 1.32. The van der Waals surface area contributed by atoms with Crippen LogP contribution in [0.25, 0.3) is 0 Å². The number of halogens is 3. The molecule has 2 aromatic rings. The largest absolute Gasteiger partial charge is 0.427 e. The van der Waals surface area contributed by atoms with E-state index in [4.69, 9.17) is 10.5 Å². The lowest BCUT2D eigenvalue weighted by Crippen LogP contribution is -2.47. The summed E-state index contributed by atoms with van der Waals surface area (Å²) in [6, 6.07) is 10.9. The van der Waals surface area contributed by atoms with E-state index in [1.807, 2.05) is 37.3 Å². The second-order valence-corrected chi connectivity index (χ2v) is 10.6. The average molecular weight is 559 g/mol. The summed E-state index contributed by atoms with van der Waals surface area (Å²) in [4.78, 5) is 54.4. The molecule has 0 aromatic heterocycles. The van der Waals surface area contributed by atoms with Crippen LogP contribution in [0.15, 0.2) is 48.5 Å². The first-order valence-corrected chi connectivity index (χ1v) is 13.1. The fourth-order valence-electron chi connectivity index (χ4n) is 5.40. The number of hydrogen-bond acceptors (Lipinski definition) is 6. The summed E-state index contributed by atoms with van der Waals surface area (Å²) in [6.45, 7) is 1.84. The summed E-state index contributed by atoms with van der Waals surface area (Å²) in [7, 11) is 0. The molecule has 12 heteroatoms. The van der Waals surface area contributed by atoms with Gasteiger partial charge in [0.25, 0.3) is 11.8 Å². The van der Waals surface area contributed by atoms with Gasteiger partial charge in [0.05, 0.1) is 0 Å². The predicted octanol–water partition coefficient (Wildman–Crippen LogP) is 3.46. The Morgan fingerprint density at radius 2 is 1.88 bits per heavy atom. The third-order valence-corrected chi connectivity index (χ3v) is 7.87. The number of anilines is 1. The Morgan fingerprint density at radius 3 is 2.52 bits per heavy atom. The lowest BCUT2D eigenvalue weighted by molar-refractivity contribution is -0.159. The lowest BCUT2D eigenvalue weighted by atomic mass is 9.94. The van der Waals surface area contributed by atoms with E-state index in [0.717, 1.165) is 23.3 Å². The Labute approximate surface area is 228 Å². The molecule has 1 saturated carbocycles. The number of nitrogens with one attached hydrogen (secondary N) is 1. The first-order valence-electron chi connectivity index (χ1n) is 13.1. The van der Waals surface area contributed by atoms with Gasteiger partial charge < -0.3 is 20.7 Å². The van der Waals surface area contributed by atoms with Crippen molar-refractivity contribution in [3.8, 4) is 0 Å². The van der Waals surface area contributed by atoms with Crippen molar-refractivity contribution < 1.29 is 37.1 Å². The predicted molar refractivity (Wildman–Crippen MR) is 136 cm³/mol. The van der Waals surface area contributed by atoms with Gasteiger partial charge in [-0.25, -0.2) is 9.69 Å². The highest BCUT2D eigenvalue weighted by Crippen LogP contribution is 2.46. The SMILES string of the molecule is C[C@@H](C1CC1)N(Cc1ccccc1)C(=O)CN1C(=O)OC2(CCc3cc(NC(=O)[C@H](N)C(F)(F)F)ccc32)C1=O. The number of nitrogens with two attached hydrogens (primary N) is 1. The smallest absolute Gasteiger partial charge is 0.418 e. The summed E-state index contributed by atoms with van der Waals surface area (Å²) in [5.74, 6) is -2.10. The molecule has 5 rings (SSSR count). The minimum absolute atomic E-state index is 0.0647. The number of fused-ring (bicyclic) bond motifs is 2. The molecule has 3 N–H and O–H groups in total. The van der Waals surface area contributed by atoms with E-state index in [9.17, 15) is 32.3 Å². The Morgan fingerprint density at radius 1 is 1.18 bits per heavy atom. The third kappa shape index (κ3) is 5.15. The number of imide groups is 1. The normalized spacial score (nSPS) is 21.7. The van der Waals surface area contributed by atoms with Crippen molar-refractivity contribution in [3.63, 3.8) is 0 Å². The maximum absolute atomic E-state index is 13.6. The number of carbonyl (C=O) groups excluding carboxylic acids is 4. The summed E-state index contributed by atoms with van der Waals surface area (Å²) >= 11 is 0. The molecule has 212 valence electrons. The maximum atomic E-state index is 13.6. The molecule has 1 spiro atoms. The fraction of sp³-hybridized carbons (Fsp3) is 0.429. The number of alkyl halides is 3. The number of aryl methyl sites for hydroxylation is 1. The van der Waals surface area contributed by atoms with E-state index >= 15 is 0 Å². The van der Waals surface area contributed by atoms with Crippen LogP contribution in [0.2, 0.25) is 0 Å². The second kappa shape index (κ2) is 10.2. The first kappa shape index (κ1) is 27.6. The molecule has 2 aliphatic carbocycles. The van der Waals surface area contributed by atoms with Crippen LogP contribution in [-0.4, -0.2) is 58.4 Å². The van der Waals surface area contributed by atoms with Crippen LogP contribution in [0.5, 0.6) is 0 Å².